The van der Waals surface area contributed by atoms with Crippen LogP contribution in [0.5, 0.6) is 0 Å². The molecular weight excluding hydrogens is 278 g/mol. The van der Waals surface area contributed by atoms with Crippen LogP contribution in [0.2, 0.25) is 0 Å². The fraction of sp³-hybridized carbons (Fsp3) is 0.385. The Balaban J connectivity index is 2.51. The molecule has 20 heavy (non-hydrogen) atoms. The molecule has 0 unspecified atom stereocenters. The number of hydrogen-bond acceptors (Lipinski definition) is 5. The maximum absolute atomic E-state index is 12.5. The smallest absolute Gasteiger partial charge is 0.311 e. The molecule has 0 radical (unpaired) electrons. The van der Waals surface area contributed by atoms with Crippen molar-refractivity contribution in [2.75, 3.05) is 0 Å². The van der Waals surface area contributed by atoms with Crippen LogP contribution in [0.1, 0.15) is 34.1 Å². The number of nitrogens with one attached hydrogen (secondary N) is 1. The van der Waals surface area contributed by atoms with Crippen LogP contribution >= 0.6 is 11.3 Å². The molecule has 6 nitrogen and oxygen atoms in total. The van der Waals surface area contributed by atoms with E-state index in [-0.39, 0.29) is 23.8 Å². The van der Waals surface area contributed by atoms with Crippen LogP contribution in [0.3, 0.4) is 0 Å². The summed E-state index contributed by atoms with van der Waals surface area (Å²) in [5, 5.41) is 7.66. The van der Waals surface area contributed by atoms with E-state index in [1.807, 2.05) is 0 Å². The number of fused-ring (bicyclic) bond motifs is 1. The van der Waals surface area contributed by atoms with Gasteiger partial charge >= 0.3 is 5.69 Å². The Kier molecular flexibility index (Phi) is 2.93. The lowest BCUT2D eigenvalue weighted by Gasteiger charge is -2.09. The van der Waals surface area contributed by atoms with Gasteiger partial charge in [0, 0.05) is 12.3 Å². The number of carbonyl (C=O) groups is 1. The molecule has 2 aromatic rings. The zero-order valence-corrected chi connectivity index (χ0v) is 11.7. The lowest BCUT2D eigenvalue weighted by molar-refractivity contribution is 0.112. The average molecular weight is 291 g/mol. The molecule has 1 fully saturated rings. The van der Waals surface area contributed by atoms with Crippen LogP contribution in [0.4, 0.5) is 0 Å². The minimum Gasteiger partial charge on any atom is -0.311 e. The maximum atomic E-state index is 12.5. The van der Waals surface area contributed by atoms with Gasteiger partial charge in [-0.3, -0.25) is 18.7 Å². The Labute approximate surface area is 117 Å². The first kappa shape index (κ1) is 13.0. The summed E-state index contributed by atoms with van der Waals surface area (Å²) in [7, 11) is 0. The van der Waals surface area contributed by atoms with E-state index in [0.717, 1.165) is 30.4 Å². The summed E-state index contributed by atoms with van der Waals surface area (Å²) in [5.41, 5.74) is -0.0686. The van der Waals surface area contributed by atoms with Crippen LogP contribution in [0.25, 0.3) is 10.2 Å². The molecule has 0 amide bonds. The van der Waals surface area contributed by atoms with Gasteiger partial charge < -0.3 is 5.41 Å². The number of thiophene rings is 1. The molecule has 2 aromatic heterocycles. The minimum atomic E-state index is -0.382. The molecule has 0 saturated heterocycles. The predicted octanol–water partition coefficient (Wildman–Crippen LogP) is 1.33. The predicted molar refractivity (Wildman–Crippen MR) is 77.5 cm³/mol. The van der Waals surface area contributed by atoms with E-state index in [2.05, 4.69) is 0 Å². The molecule has 0 aliphatic heterocycles. The van der Waals surface area contributed by atoms with E-state index in [0.29, 0.717) is 26.9 Å². The fourth-order valence-electron chi connectivity index (χ4n) is 2.40. The second-order valence-corrected chi connectivity index (χ2v) is 5.92. The summed E-state index contributed by atoms with van der Waals surface area (Å²) in [6, 6.07) is -0.0321. The third-order valence-corrected chi connectivity index (χ3v) is 4.81. The van der Waals surface area contributed by atoms with Gasteiger partial charge in [0.25, 0.3) is 5.56 Å². The van der Waals surface area contributed by atoms with Gasteiger partial charge in [-0.25, -0.2) is 4.79 Å². The van der Waals surface area contributed by atoms with Crippen molar-refractivity contribution in [3.8, 4) is 0 Å². The number of nitrogens with zero attached hydrogens (tertiary/aromatic N) is 2. The van der Waals surface area contributed by atoms with Crippen LogP contribution in [0.15, 0.2) is 9.59 Å². The molecule has 1 N–H and O–H groups in total. The lowest BCUT2D eigenvalue weighted by atomic mass is 10.2. The number of aromatic nitrogens is 2. The summed E-state index contributed by atoms with van der Waals surface area (Å²) < 4.78 is 2.69. The molecule has 1 aliphatic rings. The first-order valence-corrected chi connectivity index (χ1v) is 7.14. The van der Waals surface area contributed by atoms with Crippen LogP contribution in [-0.2, 0) is 6.54 Å². The van der Waals surface area contributed by atoms with Crippen molar-refractivity contribution in [3.05, 3.63) is 31.3 Å². The highest BCUT2D eigenvalue weighted by atomic mass is 32.1. The van der Waals surface area contributed by atoms with Crippen molar-refractivity contribution in [2.45, 2.75) is 32.4 Å². The summed E-state index contributed by atoms with van der Waals surface area (Å²) in [6.45, 7) is 1.83. The number of aryl methyl sites for hydroxylation is 1. The standard InChI is InChI=1S/C13H13N3O3S/c1-7-9(6-17)20-12-10(7)11(18)16(8-2-3-8)13(19)15(12)5-4-14/h4,6,8,14H,2-3,5H2,1H3. The van der Waals surface area contributed by atoms with E-state index in [1.54, 1.807) is 6.92 Å². The summed E-state index contributed by atoms with van der Waals surface area (Å²) >= 11 is 1.14. The van der Waals surface area contributed by atoms with E-state index < -0.39 is 0 Å². The number of rotatable bonds is 4. The van der Waals surface area contributed by atoms with Gasteiger partial charge in [0.05, 0.1) is 16.8 Å². The number of hydrogen-bond donors (Lipinski definition) is 1. The topological polar surface area (TPSA) is 84.9 Å². The van der Waals surface area contributed by atoms with Crippen molar-refractivity contribution >= 4 is 34.1 Å². The molecule has 1 saturated carbocycles. The molecular formula is C13H13N3O3S. The minimum absolute atomic E-state index is 0.0321. The van der Waals surface area contributed by atoms with Crippen molar-refractivity contribution < 1.29 is 4.79 Å². The lowest BCUT2D eigenvalue weighted by Crippen LogP contribution is -2.39. The van der Waals surface area contributed by atoms with Gasteiger partial charge in [0.15, 0.2) is 6.29 Å². The number of aldehydes is 1. The van der Waals surface area contributed by atoms with Crippen molar-refractivity contribution in [1.82, 2.24) is 9.13 Å². The molecule has 1 aliphatic carbocycles. The zero-order chi connectivity index (χ0) is 14.4. The highest BCUT2D eigenvalue weighted by molar-refractivity contribution is 7.20. The Morgan fingerprint density at radius 1 is 1.40 bits per heavy atom. The van der Waals surface area contributed by atoms with Crippen LogP contribution in [0, 0.1) is 12.3 Å². The molecule has 2 heterocycles. The van der Waals surface area contributed by atoms with Crippen molar-refractivity contribution in [2.24, 2.45) is 0 Å². The quantitative estimate of drug-likeness (QED) is 0.681. The van der Waals surface area contributed by atoms with Gasteiger partial charge in [-0.15, -0.1) is 11.3 Å². The Morgan fingerprint density at radius 2 is 2.10 bits per heavy atom. The monoisotopic (exact) mass is 291 g/mol. The Morgan fingerprint density at radius 3 is 2.65 bits per heavy atom. The zero-order valence-electron chi connectivity index (χ0n) is 10.9. The number of carbonyl (C=O) groups excluding carboxylic acids is 1. The summed E-state index contributed by atoms with van der Waals surface area (Å²) in [6.07, 6.45) is 3.49. The molecule has 0 aromatic carbocycles. The second-order valence-electron chi connectivity index (χ2n) is 4.89. The van der Waals surface area contributed by atoms with E-state index in [1.165, 1.54) is 9.13 Å². The first-order chi connectivity index (χ1) is 9.60. The summed E-state index contributed by atoms with van der Waals surface area (Å²) in [4.78, 5) is 37.0. The largest absolute Gasteiger partial charge is 0.332 e. The van der Waals surface area contributed by atoms with E-state index >= 15 is 0 Å². The highest BCUT2D eigenvalue weighted by Crippen LogP contribution is 2.33. The van der Waals surface area contributed by atoms with Gasteiger partial charge in [-0.2, -0.15) is 0 Å². The average Bonchev–Trinajstić information content (AvgIpc) is 3.18. The molecule has 0 atom stereocenters. The third-order valence-electron chi connectivity index (χ3n) is 3.57. The molecule has 3 rings (SSSR count). The first-order valence-electron chi connectivity index (χ1n) is 6.32. The Hall–Kier alpha value is -2.02. The third kappa shape index (κ3) is 1.70. The Bertz CT molecular complexity index is 839. The normalized spacial score (nSPS) is 14.7. The molecule has 0 spiro atoms. The fourth-order valence-corrected chi connectivity index (χ4v) is 3.52. The van der Waals surface area contributed by atoms with E-state index in [4.69, 9.17) is 5.41 Å². The molecule has 7 heteroatoms. The second kappa shape index (κ2) is 4.52. The van der Waals surface area contributed by atoms with Crippen LogP contribution in [-0.4, -0.2) is 21.6 Å². The van der Waals surface area contributed by atoms with Gasteiger partial charge in [0.1, 0.15) is 4.83 Å². The maximum Gasteiger partial charge on any atom is 0.332 e. The molecule has 0 bridgehead atoms. The highest BCUT2D eigenvalue weighted by Gasteiger charge is 2.30. The van der Waals surface area contributed by atoms with Gasteiger partial charge in [-0.05, 0) is 25.3 Å². The van der Waals surface area contributed by atoms with Gasteiger partial charge in [0.2, 0.25) is 0 Å². The van der Waals surface area contributed by atoms with Crippen molar-refractivity contribution in [3.63, 3.8) is 0 Å². The van der Waals surface area contributed by atoms with Crippen molar-refractivity contribution in [1.29, 1.82) is 5.41 Å². The summed E-state index contributed by atoms with van der Waals surface area (Å²) in [5.74, 6) is 0. The van der Waals surface area contributed by atoms with Gasteiger partial charge in [-0.1, -0.05) is 0 Å². The van der Waals surface area contributed by atoms with E-state index in [9.17, 15) is 14.4 Å². The molecule has 104 valence electrons. The van der Waals surface area contributed by atoms with Crippen LogP contribution < -0.4 is 11.2 Å². The SMILES string of the molecule is Cc1c(C=O)sc2c1c(=O)n(C1CC1)c(=O)n2CC=N.